The summed E-state index contributed by atoms with van der Waals surface area (Å²) in [5.74, 6) is 0.884. The van der Waals surface area contributed by atoms with Gasteiger partial charge in [0, 0.05) is 22.6 Å². The SMILES string of the molecule is CCc1cc(CC(Br)C2CC2)ncn1. The predicted molar refractivity (Wildman–Crippen MR) is 60.6 cm³/mol. The first-order valence-corrected chi connectivity index (χ1v) is 6.15. The molecule has 1 fully saturated rings. The van der Waals surface area contributed by atoms with E-state index in [4.69, 9.17) is 0 Å². The largest absolute Gasteiger partial charge is 0.241 e. The zero-order chi connectivity index (χ0) is 9.97. The number of hydrogen-bond acceptors (Lipinski definition) is 2. The van der Waals surface area contributed by atoms with Crippen LogP contribution >= 0.6 is 15.9 Å². The molecule has 0 N–H and O–H groups in total. The van der Waals surface area contributed by atoms with Crippen LogP contribution in [0.3, 0.4) is 0 Å². The van der Waals surface area contributed by atoms with E-state index in [1.807, 2.05) is 0 Å². The van der Waals surface area contributed by atoms with Crippen LogP contribution in [0.1, 0.15) is 31.2 Å². The molecule has 1 aliphatic carbocycles. The molecule has 1 unspecified atom stereocenters. The van der Waals surface area contributed by atoms with Crippen molar-refractivity contribution < 1.29 is 0 Å². The van der Waals surface area contributed by atoms with Crippen molar-refractivity contribution in [1.82, 2.24) is 9.97 Å². The number of aromatic nitrogens is 2. The van der Waals surface area contributed by atoms with Crippen LogP contribution in [-0.2, 0) is 12.8 Å². The van der Waals surface area contributed by atoms with Gasteiger partial charge in [0.25, 0.3) is 0 Å². The summed E-state index contributed by atoms with van der Waals surface area (Å²) in [7, 11) is 0. The van der Waals surface area contributed by atoms with Crippen molar-refractivity contribution >= 4 is 15.9 Å². The molecule has 0 aromatic carbocycles. The molecule has 1 aromatic heterocycles. The van der Waals surface area contributed by atoms with Gasteiger partial charge < -0.3 is 0 Å². The Morgan fingerprint density at radius 1 is 1.43 bits per heavy atom. The zero-order valence-corrected chi connectivity index (χ0v) is 10.00. The third-order valence-electron chi connectivity index (χ3n) is 2.68. The summed E-state index contributed by atoms with van der Waals surface area (Å²) in [5.41, 5.74) is 2.32. The summed E-state index contributed by atoms with van der Waals surface area (Å²) in [6.07, 6.45) is 6.47. The van der Waals surface area contributed by atoms with E-state index in [9.17, 15) is 0 Å². The molecule has 2 rings (SSSR count). The highest BCUT2D eigenvalue weighted by Gasteiger charge is 2.29. The Hall–Kier alpha value is -0.440. The Balaban J connectivity index is 2.00. The Morgan fingerprint density at radius 3 is 2.79 bits per heavy atom. The standard InChI is InChI=1S/C11H15BrN2/c1-2-9-5-10(14-7-13-9)6-11(12)8-3-4-8/h5,7-8,11H,2-4,6H2,1H3. The fourth-order valence-corrected chi connectivity index (χ4v) is 2.43. The summed E-state index contributed by atoms with van der Waals surface area (Å²) in [4.78, 5) is 9.11. The summed E-state index contributed by atoms with van der Waals surface area (Å²) in [6.45, 7) is 2.12. The van der Waals surface area contributed by atoms with Gasteiger partial charge in [0.05, 0.1) is 0 Å². The highest BCUT2D eigenvalue weighted by Crippen LogP contribution is 2.37. The van der Waals surface area contributed by atoms with Crippen molar-refractivity contribution in [2.24, 2.45) is 5.92 Å². The fourth-order valence-electron chi connectivity index (χ4n) is 1.57. The van der Waals surface area contributed by atoms with E-state index in [1.165, 1.54) is 18.5 Å². The number of nitrogens with zero attached hydrogens (tertiary/aromatic N) is 2. The van der Waals surface area contributed by atoms with Gasteiger partial charge in [-0.25, -0.2) is 9.97 Å². The van der Waals surface area contributed by atoms with Crippen LogP contribution in [-0.4, -0.2) is 14.8 Å². The van der Waals surface area contributed by atoms with Gasteiger partial charge in [-0.3, -0.25) is 0 Å². The minimum Gasteiger partial charge on any atom is -0.241 e. The molecule has 0 bridgehead atoms. The monoisotopic (exact) mass is 254 g/mol. The molecule has 0 amide bonds. The maximum absolute atomic E-state index is 4.30. The molecule has 3 heteroatoms. The third-order valence-corrected chi connectivity index (χ3v) is 3.75. The molecule has 0 saturated heterocycles. The van der Waals surface area contributed by atoms with Crippen molar-refractivity contribution in [3.05, 3.63) is 23.8 Å². The molecule has 76 valence electrons. The van der Waals surface area contributed by atoms with Crippen LogP contribution in [0.15, 0.2) is 12.4 Å². The fraction of sp³-hybridized carbons (Fsp3) is 0.636. The molecule has 1 aromatic rings. The second-order valence-corrected chi connectivity index (χ2v) is 5.09. The van der Waals surface area contributed by atoms with Gasteiger partial charge in [0.2, 0.25) is 0 Å². The summed E-state index contributed by atoms with van der Waals surface area (Å²) < 4.78 is 0. The first kappa shape index (κ1) is 10.1. The zero-order valence-electron chi connectivity index (χ0n) is 8.41. The molecule has 1 atom stereocenters. The average molecular weight is 255 g/mol. The molecule has 2 nitrogen and oxygen atoms in total. The second kappa shape index (κ2) is 4.39. The molecule has 1 saturated carbocycles. The Bertz CT molecular complexity index is 310. The lowest BCUT2D eigenvalue weighted by Crippen LogP contribution is -2.07. The number of aryl methyl sites for hydroxylation is 1. The number of alkyl halides is 1. The van der Waals surface area contributed by atoms with Crippen LogP contribution in [0, 0.1) is 5.92 Å². The van der Waals surface area contributed by atoms with Gasteiger partial charge in [-0.1, -0.05) is 22.9 Å². The van der Waals surface area contributed by atoms with Gasteiger partial charge >= 0.3 is 0 Å². The number of hydrogen-bond donors (Lipinski definition) is 0. The van der Waals surface area contributed by atoms with Gasteiger partial charge in [0.1, 0.15) is 6.33 Å². The first-order chi connectivity index (χ1) is 6.79. The molecular formula is C11H15BrN2. The number of halogens is 1. The highest BCUT2D eigenvalue weighted by molar-refractivity contribution is 9.09. The van der Waals surface area contributed by atoms with Crippen LogP contribution in [0.2, 0.25) is 0 Å². The molecule has 0 aliphatic heterocycles. The van der Waals surface area contributed by atoms with Crippen LogP contribution in [0.4, 0.5) is 0 Å². The molecule has 0 radical (unpaired) electrons. The van der Waals surface area contributed by atoms with E-state index in [-0.39, 0.29) is 0 Å². The first-order valence-electron chi connectivity index (χ1n) is 5.23. The average Bonchev–Trinajstić information content (AvgIpc) is 3.01. The van der Waals surface area contributed by atoms with Crippen LogP contribution < -0.4 is 0 Å². The Labute approximate surface area is 93.3 Å². The Morgan fingerprint density at radius 2 is 2.14 bits per heavy atom. The van der Waals surface area contributed by atoms with Gasteiger partial charge in [-0.05, 0) is 31.2 Å². The van der Waals surface area contributed by atoms with E-state index in [2.05, 4.69) is 38.9 Å². The smallest absolute Gasteiger partial charge is 0.115 e. The molecule has 1 heterocycles. The molecule has 0 spiro atoms. The minimum atomic E-state index is 0.613. The van der Waals surface area contributed by atoms with E-state index in [0.29, 0.717) is 4.83 Å². The third kappa shape index (κ3) is 2.53. The van der Waals surface area contributed by atoms with Crippen molar-refractivity contribution in [2.45, 2.75) is 37.4 Å². The van der Waals surface area contributed by atoms with E-state index in [0.717, 1.165) is 24.5 Å². The predicted octanol–water partition coefficient (Wildman–Crippen LogP) is 2.76. The van der Waals surface area contributed by atoms with Gasteiger partial charge in [-0.2, -0.15) is 0 Å². The maximum atomic E-state index is 4.30. The van der Waals surface area contributed by atoms with Crippen molar-refractivity contribution in [1.29, 1.82) is 0 Å². The normalized spacial score (nSPS) is 18.1. The van der Waals surface area contributed by atoms with Gasteiger partial charge in [-0.15, -0.1) is 0 Å². The number of rotatable bonds is 4. The molecule has 1 aliphatic rings. The second-order valence-electron chi connectivity index (χ2n) is 3.91. The lowest BCUT2D eigenvalue weighted by atomic mass is 10.1. The lowest BCUT2D eigenvalue weighted by molar-refractivity contribution is 0.741. The van der Waals surface area contributed by atoms with E-state index < -0.39 is 0 Å². The topological polar surface area (TPSA) is 25.8 Å². The van der Waals surface area contributed by atoms with Crippen LogP contribution in [0.5, 0.6) is 0 Å². The minimum absolute atomic E-state index is 0.613. The molecular weight excluding hydrogens is 240 g/mol. The van der Waals surface area contributed by atoms with Gasteiger partial charge in [0.15, 0.2) is 0 Å². The quantitative estimate of drug-likeness (QED) is 0.773. The summed E-state index contributed by atoms with van der Waals surface area (Å²) >= 11 is 3.73. The van der Waals surface area contributed by atoms with E-state index >= 15 is 0 Å². The highest BCUT2D eigenvalue weighted by atomic mass is 79.9. The maximum Gasteiger partial charge on any atom is 0.115 e. The van der Waals surface area contributed by atoms with E-state index in [1.54, 1.807) is 6.33 Å². The molecule has 14 heavy (non-hydrogen) atoms. The van der Waals surface area contributed by atoms with Crippen molar-refractivity contribution in [3.63, 3.8) is 0 Å². The lowest BCUT2D eigenvalue weighted by Gasteiger charge is -2.07. The van der Waals surface area contributed by atoms with Crippen LogP contribution in [0.25, 0.3) is 0 Å². The van der Waals surface area contributed by atoms with Crippen molar-refractivity contribution in [2.75, 3.05) is 0 Å². The Kier molecular flexibility index (Phi) is 3.16. The summed E-state index contributed by atoms with van der Waals surface area (Å²) in [5, 5.41) is 0. The van der Waals surface area contributed by atoms with Crippen molar-refractivity contribution in [3.8, 4) is 0 Å². The summed E-state index contributed by atoms with van der Waals surface area (Å²) in [6, 6.07) is 2.12.